The van der Waals surface area contributed by atoms with Crippen LogP contribution < -0.4 is 19.7 Å². The molecule has 2 aromatic rings. The van der Waals surface area contributed by atoms with Gasteiger partial charge in [-0.05, 0) is 36.2 Å². The summed E-state index contributed by atoms with van der Waals surface area (Å²) < 4.78 is 15.9. The molecule has 1 fully saturated rings. The number of morpholine rings is 1. The minimum absolute atomic E-state index is 0.0577. The van der Waals surface area contributed by atoms with E-state index >= 15 is 0 Å². The Labute approximate surface area is 159 Å². The molecule has 1 N–H and O–H groups in total. The van der Waals surface area contributed by atoms with E-state index in [1.807, 2.05) is 30.3 Å². The molecule has 1 aromatic carbocycles. The number of ether oxygens (including phenoxy) is 3. The summed E-state index contributed by atoms with van der Waals surface area (Å²) in [5.74, 6) is 2.28. The lowest BCUT2D eigenvalue weighted by molar-refractivity contribution is -0.116. The van der Waals surface area contributed by atoms with E-state index in [0.717, 1.165) is 37.7 Å². The first-order valence-corrected chi connectivity index (χ1v) is 8.98. The molecule has 27 heavy (non-hydrogen) atoms. The van der Waals surface area contributed by atoms with Gasteiger partial charge in [-0.25, -0.2) is 4.98 Å². The maximum atomic E-state index is 12.3. The number of pyridine rings is 1. The van der Waals surface area contributed by atoms with Crippen molar-refractivity contribution in [2.45, 2.75) is 12.8 Å². The summed E-state index contributed by atoms with van der Waals surface area (Å²) in [5, 5.41) is 2.89. The summed E-state index contributed by atoms with van der Waals surface area (Å²) in [6.07, 6.45) is 2.65. The number of aromatic nitrogens is 1. The smallest absolute Gasteiger partial charge is 0.224 e. The molecule has 0 spiro atoms. The summed E-state index contributed by atoms with van der Waals surface area (Å²) in [6.45, 7) is 3.11. The van der Waals surface area contributed by atoms with E-state index in [0.29, 0.717) is 30.0 Å². The van der Waals surface area contributed by atoms with Gasteiger partial charge in [-0.2, -0.15) is 0 Å². The predicted molar refractivity (Wildman–Crippen MR) is 104 cm³/mol. The number of anilines is 2. The Morgan fingerprint density at radius 2 is 1.85 bits per heavy atom. The molecule has 1 aromatic heterocycles. The number of amides is 1. The second-order valence-electron chi connectivity index (χ2n) is 6.27. The SMILES string of the molecule is COc1cc(CCC(=O)Nc2ccc(N3CCOCC3)nc2)cc(OC)c1. The van der Waals surface area contributed by atoms with Crippen LogP contribution in [0, 0.1) is 0 Å². The van der Waals surface area contributed by atoms with Gasteiger partial charge in [-0.15, -0.1) is 0 Å². The monoisotopic (exact) mass is 371 g/mol. The van der Waals surface area contributed by atoms with Crippen molar-refractivity contribution >= 4 is 17.4 Å². The highest BCUT2D eigenvalue weighted by Gasteiger charge is 2.12. The van der Waals surface area contributed by atoms with Crippen LogP contribution >= 0.6 is 0 Å². The number of carbonyl (C=O) groups is 1. The second-order valence-corrected chi connectivity index (χ2v) is 6.27. The maximum Gasteiger partial charge on any atom is 0.224 e. The first-order valence-electron chi connectivity index (χ1n) is 8.98. The maximum absolute atomic E-state index is 12.3. The molecule has 1 aliphatic heterocycles. The molecule has 1 saturated heterocycles. The number of nitrogens with zero attached hydrogens (tertiary/aromatic N) is 2. The minimum atomic E-state index is -0.0577. The lowest BCUT2D eigenvalue weighted by Crippen LogP contribution is -2.36. The molecule has 3 rings (SSSR count). The summed E-state index contributed by atoms with van der Waals surface area (Å²) in [7, 11) is 3.22. The molecular formula is C20H25N3O4. The highest BCUT2D eigenvalue weighted by atomic mass is 16.5. The van der Waals surface area contributed by atoms with E-state index in [4.69, 9.17) is 14.2 Å². The highest BCUT2D eigenvalue weighted by Crippen LogP contribution is 2.23. The average Bonchev–Trinajstić information content (AvgIpc) is 2.73. The Hall–Kier alpha value is -2.80. The number of hydrogen-bond acceptors (Lipinski definition) is 6. The number of carbonyl (C=O) groups excluding carboxylic acids is 1. The van der Waals surface area contributed by atoms with E-state index in [-0.39, 0.29) is 5.91 Å². The van der Waals surface area contributed by atoms with Crippen LogP contribution in [0.1, 0.15) is 12.0 Å². The van der Waals surface area contributed by atoms with Gasteiger partial charge in [0.2, 0.25) is 5.91 Å². The van der Waals surface area contributed by atoms with Gasteiger partial charge in [-0.1, -0.05) is 0 Å². The third kappa shape index (κ3) is 5.34. The number of nitrogens with one attached hydrogen (secondary N) is 1. The highest BCUT2D eigenvalue weighted by molar-refractivity contribution is 5.90. The molecule has 0 saturated carbocycles. The van der Waals surface area contributed by atoms with Crippen molar-refractivity contribution in [1.29, 1.82) is 0 Å². The van der Waals surface area contributed by atoms with Crippen LogP contribution in [0.25, 0.3) is 0 Å². The molecule has 0 aliphatic carbocycles. The van der Waals surface area contributed by atoms with Gasteiger partial charge in [0, 0.05) is 25.6 Å². The molecule has 0 radical (unpaired) electrons. The zero-order valence-electron chi connectivity index (χ0n) is 15.7. The van der Waals surface area contributed by atoms with Gasteiger partial charge in [0.1, 0.15) is 17.3 Å². The number of aryl methyl sites for hydroxylation is 1. The fourth-order valence-corrected chi connectivity index (χ4v) is 2.93. The molecular weight excluding hydrogens is 346 g/mol. The van der Waals surface area contributed by atoms with Crippen LogP contribution in [0.5, 0.6) is 11.5 Å². The fraction of sp³-hybridized carbons (Fsp3) is 0.400. The summed E-state index contributed by atoms with van der Waals surface area (Å²) >= 11 is 0. The largest absolute Gasteiger partial charge is 0.497 e. The van der Waals surface area contributed by atoms with Crippen LogP contribution in [0.2, 0.25) is 0 Å². The summed E-state index contributed by atoms with van der Waals surface area (Å²) in [6, 6.07) is 9.44. The number of methoxy groups -OCH3 is 2. The van der Waals surface area contributed by atoms with Gasteiger partial charge in [0.25, 0.3) is 0 Å². The first kappa shape index (κ1) is 19.0. The lowest BCUT2D eigenvalue weighted by Gasteiger charge is -2.27. The van der Waals surface area contributed by atoms with Crippen LogP contribution in [-0.2, 0) is 16.0 Å². The number of rotatable bonds is 7. The Morgan fingerprint density at radius 1 is 1.15 bits per heavy atom. The van der Waals surface area contributed by atoms with Gasteiger partial charge in [0.15, 0.2) is 0 Å². The standard InChI is InChI=1S/C20H25N3O4/c1-25-17-11-15(12-18(13-17)26-2)3-6-20(24)22-16-4-5-19(21-14-16)23-7-9-27-10-8-23/h4-5,11-14H,3,6-10H2,1-2H3,(H,22,24). The molecule has 7 heteroatoms. The summed E-state index contributed by atoms with van der Waals surface area (Å²) in [4.78, 5) is 18.9. The average molecular weight is 371 g/mol. The lowest BCUT2D eigenvalue weighted by atomic mass is 10.1. The predicted octanol–water partition coefficient (Wildman–Crippen LogP) is 2.51. The molecule has 1 amide bonds. The molecule has 144 valence electrons. The molecule has 2 heterocycles. The Bertz CT molecular complexity index is 736. The molecule has 0 atom stereocenters. The Morgan fingerprint density at radius 3 is 2.44 bits per heavy atom. The fourth-order valence-electron chi connectivity index (χ4n) is 2.93. The number of benzene rings is 1. The van der Waals surface area contributed by atoms with Crippen molar-refractivity contribution in [2.75, 3.05) is 50.7 Å². The minimum Gasteiger partial charge on any atom is -0.497 e. The van der Waals surface area contributed by atoms with Gasteiger partial charge < -0.3 is 24.4 Å². The van der Waals surface area contributed by atoms with Crippen molar-refractivity contribution in [3.05, 3.63) is 42.1 Å². The zero-order valence-corrected chi connectivity index (χ0v) is 15.7. The van der Waals surface area contributed by atoms with Crippen molar-refractivity contribution < 1.29 is 19.0 Å². The van der Waals surface area contributed by atoms with Gasteiger partial charge in [-0.3, -0.25) is 4.79 Å². The quantitative estimate of drug-likeness (QED) is 0.806. The van der Waals surface area contributed by atoms with Crippen molar-refractivity contribution in [2.24, 2.45) is 0 Å². The molecule has 1 aliphatic rings. The van der Waals surface area contributed by atoms with E-state index in [1.54, 1.807) is 20.4 Å². The molecule has 7 nitrogen and oxygen atoms in total. The van der Waals surface area contributed by atoms with E-state index in [2.05, 4.69) is 15.2 Å². The normalized spacial score (nSPS) is 13.9. The van der Waals surface area contributed by atoms with Crippen molar-refractivity contribution in [3.63, 3.8) is 0 Å². The third-order valence-electron chi connectivity index (χ3n) is 4.42. The second kappa shape index (κ2) is 9.23. The van der Waals surface area contributed by atoms with Crippen LogP contribution in [0.3, 0.4) is 0 Å². The Balaban J connectivity index is 1.53. The topological polar surface area (TPSA) is 72.9 Å². The van der Waals surface area contributed by atoms with Gasteiger partial charge >= 0.3 is 0 Å². The zero-order chi connectivity index (χ0) is 19.1. The van der Waals surface area contributed by atoms with E-state index < -0.39 is 0 Å². The van der Waals surface area contributed by atoms with Gasteiger partial charge in [0.05, 0.1) is 39.3 Å². The van der Waals surface area contributed by atoms with E-state index in [1.165, 1.54) is 0 Å². The third-order valence-corrected chi connectivity index (χ3v) is 4.42. The van der Waals surface area contributed by atoms with Crippen molar-refractivity contribution in [1.82, 2.24) is 4.98 Å². The Kier molecular flexibility index (Phi) is 6.49. The van der Waals surface area contributed by atoms with Crippen LogP contribution in [-0.4, -0.2) is 51.4 Å². The molecule has 0 unspecified atom stereocenters. The van der Waals surface area contributed by atoms with Crippen molar-refractivity contribution in [3.8, 4) is 11.5 Å². The molecule has 0 bridgehead atoms. The van der Waals surface area contributed by atoms with E-state index in [9.17, 15) is 4.79 Å². The van der Waals surface area contributed by atoms with Crippen LogP contribution in [0.15, 0.2) is 36.5 Å². The first-order chi connectivity index (χ1) is 13.2. The summed E-state index contributed by atoms with van der Waals surface area (Å²) in [5.41, 5.74) is 1.68. The van der Waals surface area contributed by atoms with Crippen LogP contribution in [0.4, 0.5) is 11.5 Å². The number of hydrogen-bond donors (Lipinski definition) is 1.